The Hall–Kier alpha value is -0.240. The van der Waals surface area contributed by atoms with Gasteiger partial charge in [0, 0.05) is 19.6 Å². The van der Waals surface area contributed by atoms with E-state index in [-0.39, 0.29) is 11.9 Å². The van der Waals surface area contributed by atoms with Gasteiger partial charge >= 0.3 is 0 Å². The summed E-state index contributed by atoms with van der Waals surface area (Å²) in [6, 6.07) is 0. The second kappa shape index (κ2) is 5.81. The summed E-state index contributed by atoms with van der Waals surface area (Å²) in [7, 11) is -3.08. The van der Waals surface area contributed by atoms with Crippen LogP contribution in [0.3, 0.4) is 0 Å². The quantitative estimate of drug-likeness (QED) is 0.746. The van der Waals surface area contributed by atoms with Crippen molar-refractivity contribution in [1.82, 2.24) is 4.90 Å². The summed E-state index contributed by atoms with van der Waals surface area (Å²) in [6.07, 6.45) is -0.258. The van der Waals surface area contributed by atoms with Crippen LogP contribution in [0.5, 0.6) is 0 Å². The normalized spacial score (nSPS) is 22.9. The number of thiocarbonyl (C=S) groups is 1. The van der Waals surface area contributed by atoms with Crippen LogP contribution in [-0.4, -0.2) is 61.2 Å². The topological polar surface area (TPSA) is 72.6 Å². The number of hydrogen-bond acceptors (Lipinski definition) is 5. The Labute approximate surface area is 115 Å². The van der Waals surface area contributed by atoms with Crippen molar-refractivity contribution in [2.45, 2.75) is 31.6 Å². The van der Waals surface area contributed by atoms with Crippen molar-refractivity contribution in [2.24, 2.45) is 5.73 Å². The summed E-state index contributed by atoms with van der Waals surface area (Å²) < 4.78 is 28.7. The van der Waals surface area contributed by atoms with Crippen molar-refractivity contribution in [1.29, 1.82) is 0 Å². The minimum absolute atomic E-state index is 0.153. The maximum absolute atomic E-state index is 12.0. The second-order valence-electron chi connectivity index (χ2n) is 5.49. The average molecular weight is 294 g/mol. The van der Waals surface area contributed by atoms with Gasteiger partial charge < -0.3 is 10.5 Å². The Kier molecular flexibility index (Phi) is 5.11. The highest BCUT2D eigenvalue weighted by atomic mass is 32.2. The van der Waals surface area contributed by atoms with Crippen molar-refractivity contribution in [3.05, 3.63) is 0 Å². The number of morpholine rings is 1. The summed E-state index contributed by atoms with van der Waals surface area (Å²) in [6.45, 7) is 7.51. The van der Waals surface area contributed by atoms with E-state index in [1.165, 1.54) is 0 Å². The van der Waals surface area contributed by atoms with Crippen LogP contribution in [0, 0.1) is 0 Å². The van der Waals surface area contributed by atoms with Gasteiger partial charge in [0.1, 0.15) is 11.1 Å². The van der Waals surface area contributed by atoms with E-state index in [4.69, 9.17) is 22.7 Å². The number of rotatable bonds is 4. The molecule has 0 spiro atoms. The van der Waals surface area contributed by atoms with Crippen LogP contribution in [-0.2, 0) is 14.6 Å². The molecule has 0 bridgehead atoms. The highest BCUT2D eigenvalue weighted by Gasteiger charge is 2.30. The molecule has 1 atom stereocenters. The molecule has 1 aliphatic rings. The van der Waals surface area contributed by atoms with Crippen LogP contribution < -0.4 is 5.73 Å². The predicted octanol–water partition coefficient (Wildman–Crippen LogP) is 0.187. The minimum Gasteiger partial charge on any atom is -0.391 e. The van der Waals surface area contributed by atoms with Gasteiger partial charge in [-0.15, -0.1) is 0 Å². The lowest BCUT2D eigenvalue weighted by Gasteiger charge is -2.32. The smallest absolute Gasteiger partial charge is 0.156 e. The molecule has 0 aliphatic carbocycles. The number of nitrogens with zero attached hydrogens (tertiary/aromatic N) is 1. The van der Waals surface area contributed by atoms with Gasteiger partial charge in [-0.05, 0) is 20.8 Å². The molecule has 1 heterocycles. The third kappa shape index (κ3) is 4.15. The van der Waals surface area contributed by atoms with Gasteiger partial charge in [0.2, 0.25) is 0 Å². The maximum Gasteiger partial charge on any atom is 0.156 e. The van der Waals surface area contributed by atoms with Crippen molar-refractivity contribution in [3.8, 4) is 0 Å². The molecule has 1 unspecified atom stereocenters. The van der Waals surface area contributed by atoms with E-state index < -0.39 is 14.6 Å². The van der Waals surface area contributed by atoms with Crippen LogP contribution in [0.4, 0.5) is 0 Å². The molecule has 1 saturated heterocycles. The molecule has 7 heteroatoms. The van der Waals surface area contributed by atoms with E-state index in [9.17, 15) is 8.42 Å². The fourth-order valence-corrected chi connectivity index (χ4v) is 2.89. The highest BCUT2D eigenvalue weighted by Crippen LogP contribution is 2.16. The third-order valence-corrected chi connectivity index (χ3v) is 5.93. The van der Waals surface area contributed by atoms with Gasteiger partial charge in [0.15, 0.2) is 9.84 Å². The Balaban J connectivity index is 2.52. The molecule has 18 heavy (non-hydrogen) atoms. The molecular formula is C11H22N2O3S2. The second-order valence-corrected chi connectivity index (χ2v) is 8.83. The van der Waals surface area contributed by atoms with Gasteiger partial charge in [-0.2, -0.15) is 0 Å². The summed E-state index contributed by atoms with van der Waals surface area (Å²) in [5.74, 6) is 0.153. The van der Waals surface area contributed by atoms with Crippen molar-refractivity contribution >= 4 is 27.0 Å². The molecule has 0 radical (unpaired) electrons. The van der Waals surface area contributed by atoms with Gasteiger partial charge in [0.25, 0.3) is 0 Å². The van der Waals surface area contributed by atoms with E-state index >= 15 is 0 Å². The lowest BCUT2D eigenvalue weighted by Crippen LogP contribution is -2.49. The fourth-order valence-electron chi connectivity index (χ4n) is 1.63. The molecule has 0 aromatic heterocycles. The highest BCUT2D eigenvalue weighted by molar-refractivity contribution is 7.92. The first kappa shape index (κ1) is 15.8. The number of hydrogen-bond donors (Lipinski definition) is 1. The molecule has 0 aromatic carbocycles. The summed E-state index contributed by atoms with van der Waals surface area (Å²) in [5, 5.41) is 0. The van der Waals surface area contributed by atoms with Gasteiger partial charge in [0.05, 0.1) is 17.1 Å². The molecule has 1 fully saturated rings. The Morgan fingerprint density at radius 1 is 1.50 bits per heavy atom. The largest absolute Gasteiger partial charge is 0.391 e. The zero-order chi connectivity index (χ0) is 14.0. The van der Waals surface area contributed by atoms with E-state index in [0.717, 1.165) is 6.54 Å². The van der Waals surface area contributed by atoms with Crippen LogP contribution in [0.2, 0.25) is 0 Å². The molecule has 2 N–H and O–H groups in total. The van der Waals surface area contributed by atoms with E-state index in [1.54, 1.807) is 20.8 Å². The standard InChI is InChI=1S/C11H22N2O3S2/c1-11(2,3)18(14,15)7-5-13-4-6-16-9(8-13)10(12)17/h9H,4-8H2,1-3H3,(H2,12,17). The molecule has 5 nitrogen and oxygen atoms in total. The number of nitrogens with two attached hydrogens (primary N) is 1. The van der Waals surface area contributed by atoms with Crippen molar-refractivity contribution < 1.29 is 13.2 Å². The van der Waals surface area contributed by atoms with Gasteiger partial charge in [-0.25, -0.2) is 8.42 Å². The predicted molar refractivity (Wildman–Crippen MR) is 76.5 cm³/mol. The van der Waals surface area contributed by atoms with E-state index in [1.807, 2.05) is 4.90 Å². The molecular weight excluding hydrogens is 272 g/mol. The molecule has 106 valence electrons. The zero-order valence-corrected chi connectivity index (χ0v) is 12.8. The van der Waals surface area contributed by atoms with Crippen LogP contribution in [0.15, 0.2) is 0 Å². The van der Waals surface area contributed by atoms with Crippen molar-refractivity contribution in [2.75, 3.05) is 32.0 Å². The summed E-state index contributed by atoms with van der Waals surface area (Å²) in [4.78, 5) is 2.37. The monoisotopic (exact) mass is 294 g/mol. The number of sulfone groups is 1. The zero-order valence-electron chi connectivity index (χ0n) is 11.2. The first-order valence-electron chi connectivity index (χ1n) is 5.99. The van der Waals surface area contributed by atoms with Crippen LogP contribution >= 0.6 is 12.2 Å². The average Bonchev–Trinajstić information content (AvgIpc) is 2.25. The van der Waals surface area contributed by atoms with Crippen LogP contribution in [0.1, 0.15) is 20.8 Å². The van der Waals surface area contributed by atoms with Gasteiger partial charge in [-0.1, -0.05) is 12.2 Å². The first-order chi connectivity index (χ1) is 8.13. The molecule has 0 saturated carbocycles. The fraction of sp³-hybridized carbons (Fsp3) is 0.909. The Morgan fingerprint density at radius 3 is 2.61 bits per heavy atom. The van der Waals surface area contributed by atoms with E-state index in [0.29, 0.717) is 24.7 Å². The summed E-state index contributed by atoms with van der Waals surface area (Å²) in [5.41, 5.74) is 5.54. The van der Waals surface area contributed by atoms with E-state index in [2.05, 4.69) is 0 Å². The maximum atomic E-state index is 12.0. The van der Waals surface area contributed by atoms with Crippen molar-refractivity contribution in [3.63, 3.8) is 0 Å². The molecule has 1 aliphatic heterocycles. The summed E-state index contributed by atoms with van der Waals surface area (Å²) >= 11 is 4.89. The first-order valence-corrected chi connectivity index (χ1v) is 8.05. The lowest BCUT2D eigenvalue weighted by molar-refractivity contribution is 0.00971. The SMILES string of the molecule is CC(C)(C)S(=O)(=O)CCN1CCOC(C(N)=S)C1. The minimum atomic E-state index is -3.08. The Morgan fingerprint density at radius 2 is 2.11 bits per heavy atom. The molecule has 1 rings (SSSR count). The Bertz CT molecular complexity index is 401. The third-order valence-electron chi connectivity index (χ3n) is 3.08. The molecule has 0 aromatic rings. The van der Waals surface area contributed by atoms with Gasteiger partial charge in [-0.3, -0.25) is 4.90 Å². The lowest BCUT2D eigenvalue weighted by atomic mass is 10.3. The van der Waals surface area contributed by atoms with Crippen LogP contribution in [0.25, 0.3) is 0 Å². The molecule has 0 amide bonds. The number of ether oxygens (including phenoxy) is 1.